The summed E-state index contributed by atoms with van der Waals surface area (Å²) in [6, 6.07) is 4.68. The van der Waals surface area contributed by atoms with Gasteiger partial charge in [-0.3, -0.25) is 4.79 Å². The fraction of sp³-hybridized carbons (Fsp3) is 0.586. The molecule has 9 nitrogen and oxygen atoms in total. The van der Waals surface area contributed by atoms with Gasteiger partial charge in [0.1, 0.15) is 11.8 Å². The van der Waals surface area contributed by atoms with Gasteiger partial charge in [0, 0.05) is 49.7 Å². The minimum atomic E-state index is -0.146. The molecule has 1 aromatic carbocycles. The summed E-state index contributed by atoms with van der Waals surface area (Å²) in [4.78, 5) is 35.8. The zero-order valence-electron chi connectivity index (χ0n) is 22.7. The predicted octanol–water partition coefficient (Wildman–Crippen LogP) is 2.62. The third kappa shape index (κ3) is 3.02. The maximum absolute atomic E-state index is 13.8. The first-order valence-corrected chi connectivity index (χ1v) is 14.0. The number of H-pyrrole nitrogens is 1. The minimum Gasteiger partial charge on any atom is -0.493 e. The van der Waals surface area contributed by atoms with Crippen LogP contribution in [0.25, 0.3) is 0 Å². The molecule has 9 heteroatoms. The normalized spacial score (nSPS) is 28.9. The summed E-state index contributed by atoms with van der Waals surface area (Å²) in [5, 5.41) is 2.86. The van der Waals surface area contributed by atoms with Gasteiger partial charge in [-0.2, -0.15) is 0 Å². The molecule has 3 amide bonds. The van der Waals surface area contributed by atoms with Crippen LogP contribution in [0, 0.1) is 12.8 Å². The molecule has 5 aliphatic rings. The van der Waals surface area contributed by atoms with E-state index in [-0.39, 0.29) is 23.5 Å². The van der Waals surface area contributed by atoms with E-state index in [9.17, 15) is 9.59 Å². The largest absolute Gasteiger partial charge is 0.493 e. The van der Waals surface area contributed by atoms with Crippen LogP contribution in [0.15, 0.2) is 12.1 Å². The summed E-state index contributed by atoms with van der Waals surface area (Å²) in [5.41, 5.74) is 6.66. The Hall–Kier alpha value is -3.20. The minimum absolute atomic E-state index is 0.0155. The summed E-state index contributed by atoms with van der Waals surface area (Å²) in [7, 11) is 3.97. The number of hydrogen-bond donors (Lipinski definition) is 2. The number of aromatic nitrogens is 1. The number of benzene rings is 1. The Morgan fingerprint density at radius 3 is 2.66 bits per heavy atom. The van der Waals surface area contributed by atoms with Crippen molar-refractivity contribution in [3.8, 4) is 11.5 Å². The second-order valence-electron chi connectivity index (χ2n) is 11.6. The number of likely N-dealkylation sites (tertiary alicyclic amines) is 1. The molecule has 202 valence electrons. The van der Waals surface area contributed by atoms with Gasteiger partial charge in [0.25, 0.3) is 5.91 Å². The first kappa shape index (κ1) is 23.9. The van der Waals surface area contributed by atoms with Crippen LogP contribution >= 0.6 is 0 Å². The van der Waals surface area contributed by atoms with Crippen LogP contribution in [0.3, 0.4) is 0 Å². The highest BCUT2D eigenvalue weighted by Gasteiger charge is 2.65. The Bertz CT molecular complexity index is 1330. The number of rotatable bonds is 3. The summed E-state index contributed by atoms with van der Waals surface area (Å²) >= 11 is 0. The van der Waals surface area contributed by atoms with Crippen LogP contribution < -0.4 is 14.8 Å². The van der Waals surface area contributed by atoms with Gasteiger partial charge >= 0.3 is 6.03 Å². The topological polar surface area (TPSA) is 90.1 Å². The maximum atomic E-state index is 13.8. The van der Waals surface area contributed by atoms with Crippen LogP contribution in [0.5, 0.6) is 11.5 Å². The number of nitrogens with one attached hydrogen (secondary N) is 2. The van der Waals surface area contributed by atoms with E-state index in [1.54, 1.807) is 12.0 Å². The Labute approximate surface area is 223 Å². The van der Waals surface area contributed by atoms with Crippen molar-refractivity contribution in [1.82, 2.24) is 25.0 Å². The van der Waals surface area contributed by atoms with E-state index in [2.05, 4.69) is 41.3 Å². The van der Waals surface area contributed by atoms with Crippen molar-refractivity contribution in [2.24, 2.45) is 5.92 Å². The molecule has 3 aliphatic heterocycles. The van der Waals surface area contributed by atoms with Gasteiger partial charge in [0.15, 0.2) is 11.5 Å². The van der Waals surface area contributed by atoms with Crippen LogP contribution in [0.4, 0.5) is 4.79 Å². The number of piperazine rings is 1. The van der Waals surface area contributed by atoms with Crippen molar-refractivity contribution in [1.29, 1.82) is 0 Å². The lowest BCUT2D eigenvalue weighted by Crippen LogP contribution is -2.62. The Morgan fingerprint density at radius 2 is 1.92 bits per heavy atom. The zero-order valence-corrected chi connectivity index (χ0v) is 22.7. The second kappa shape index (κ2) is 8.40. The molecule has 0 radical (unpaired) electrons. The molecule has 2 bridgehead atoms. The summed E-state index contributed by atoms with van der Waals surface area (Å²) in [5.74, 6) is 2.15. The first-order valence-electron chi connectivity index (χ1n) is 14.0. The average molecular weight is 520 g/mol. The third-order valence-corrected chi connectivity index (χ3v) is 10.1. The molecular weight excluding hydrogens is 482 g/mol. The molecule has 2 N–H and O–H groups in total. The number of nitrogens with zero attached hydrogens (tertiary/aromatic N) is 3. The van der Waals surface area contributed by atoms with Crippen molar-refractivity contribution in [2.45, 2.75) is 50.7 Å². The number of amides is 3. The maximum Gasteiger partial charge on any atom is 0.317 e. The lowest BCUT2D eigenvalue weighted by Gasteiger charge is -2.57. The number of fused-ring (bicyclic) bond motifs is 2. The van der Waals surface area contributed by atoms with Gasteiger partial charge in [-0.1, -0.05) is 6.07 Å². The number of carbonyl (C=O) groups excluding carboxylic acids is 2. The van der Waals surface area contributed by atoms with E-state index >= 15 is 0 Å². The molecule has 1 unspecified atom stereocenters. The quantitative estimate of drug-likeness (QED) is 0.651. The van der Waals surface area contributed by atoms with E-state index in [4.69, 9.17) is 9.47 Å². The average Bonchev–Trinajstić information content (AvgIpc) is 3.45. The smallest absolute Gasteiger partial charge is 0.317 e. The number of carbonyl (C=O) groups is 2. The monoisotopic (exact) mass is 519 g/mol. The van der Waals surface area contributed by atoms with Crippen molar-refractivity contribution < 1.29 is 19.1 Å². The van der Waals surface area contributed by atoms with Crippen molar-refractivity contribution in [3.05, 3.63) is 45.8 Å². The Morgan fingerprint density at radius 1 is 1.16 bits per heavy atom. The molecule has 38 heavy (non-hydrogen) atoms. The highest BCUT2D eigenvalue weighted by molar-refractivity contribution is 5.95. The second-order valence-corrected chi connectivity index (χ2v) is 11.6. The lowest BCUT2D eigenvalue weighted by molar-refractivity contribution is -0.0256. The van der Waals surface area contributed by atoms with E-state index in [0.29, 0.717) is 50.4 Å². The lowest BCUT2D eigenvalue weighted by atomic mass is 9.51. The fourth-order valence-corrected chi connectivity index (χ4v) is 8.18. The van der Waals surface area contributed by atoms with Crippen LogP contribution in [0.2, 0.25) is 0 Å². The van der Waals surface area contributed by atoms with E-state index in [0.717, 1.165) is 48.6 Å². The van der Waals surface area contributed by atoms with Crippen LogP contribution in [-0.4, -0.2) is 91.1 Å². The number of aromatic amines is 1. The standard InChI is InChI=1S/C29H37N5O4/c1-5-30-28(36)34-12-10-33(11-13-34)27(35)23-16(2)18-15-19-20-14-17-6-7-21(37-4)25-22(17)29(19,8-9-32(20)3)26(38-25)24(18)31-23/h6-7,19-20,26,31H,5,8-15H2,1-4H3,(H,30,36)/t19?,20-,26-,29-/m0/s1. The SMILES string of the molecule is CCNC(=O)N1CCN(C(=O)c2[nH]c3c(c2C)CC2[C@@H]4Cc5ccc(OC)c6c5[C@@]2(CCN4C)[C@H]3O6)CC1. The molecule has 2 aliphatic carbocycles. The molecule has 7 rings (SSSR count). The van der Waals surface area contributed by atoms with E-state index < -0.39 is 0 Å². The molecule has 1 spiro atoms. The van der Waals surface area contributed by atoms with E-state index in [1.807, 2.05) is 11.8 Å². The molecule has 0 saturated carbocycles. The van der Waals surface area contributed by atoms with E-state index in [1.165, 1.54) is 16.7 Å². The number of likely N-dealkylation sites (N-methyl/N-ethyl adjacent to an activating group) is 1. The van der Waals surface area contributed by atoms with Crippen molar-refractivity contribution >= 4 is 11.9 Å². The summed E-state index contributed by atoms with van der Waals surface area (Å²) < 4.78 is 12.6. The zero-order chi connectivity index (χ0) is 26.3. The number of urea groups is 1. The number of piperidine rings is 1. The van der Waals surface area contributed by atoms with Gasteiger partial charge in [0.05, 0.1) is 12.8 Å². The molecular formula is C29H37N5O4. The Kier molecular flexibility index (Phi) is 5.28. The third-order valence-electron chi connectivity index (χ3n) is 10.1. The molecule has 1 aromatic heterocycles. The number of ether oxygens (including phenoxy) is 2. The van der Waals surface area contributed by atoms with Crippen LogP contribution in [0.1, 0.15) is 57.9 Å². The summed E-state index contributed by atoms with van der Waals surface area (Å²) in [6.07, 6.45) is 2.85. The van der Waals surface area contributed by atoms with Gasteiger partial charge in [0.2, 0.25) is 0 Å². The van der Waals surface area contributed by atoms with Crippen molar-refractivity contribution in [3.63, 3.8) is 0 Å². The van der Waals surface area contributed by atoms with Crippen molar-refractivity contribution in [2.75, 3.05) is 53.4 Å². The molecule has 4 atom stereocenters. The number of hydrogen-bond acceptors (Lipinski definition) is 5. The Balaban J connectivity index is 1.25. The first-order chi connectivity index (χ1) is 18.4. The molecule has 4 heterocycles. The highest BCUT2D eigenvalue weighted by atomic mass is 16.5. The number of methoxy groups -OCH3 is 1. The summed E-state index contributed by atoms with van der Waals surface area (Å²) in [6.45, 7) is 7.79. The van der Waals surface area contributed by atoms with Gasteiger partial charge in [-0.25, -0.2) is 4.79 Å². The molecule has 2 aromatic rings. The molecule has 2 saturated heterocycles. The van der Waals surface area contributed by atoms with Gasteiger partial charge < -0.3 is 34.5 Å². The van der Waals surface area contributed by atoms with Crippen LogP contribution in [-0.2, 0) is 18.3 Å². The predicted molar refractivity (Wildman–Crippen MR) is 142 cm³/mol. The van der Waals surface area contributed by atoms with Gasteiger partial charge in [-0.05, 0) is 75.4 Å². The highest BCUT2D eigenvalue weighted by Crippen LogP contribution is 2.67. The fourth-order valence-electron chi connectivity index (χ4n) is 8.18. The molecule has 2 fully saturated rings. The van der Waals surface area contributed by atoms with Gasteiger partial charge in [-0.15, -0.1) is 0 Å².